The number of nitrogens with two attached hydrogens (primary N) is 2. The largest absolute Gasteiger partial charge is 0.497 e. The third kappa shape index (κ3) is 7.84. The van der Waals surface area contributed by atoms with Crippen LogP contribution in [0.3, 0.4) is 0 Å². The van der Waals surface area contributed by atoms with Gasteiger partial charge in [-0.2, -0.15) is 0 Å². The Morgan fingerprint density at radius 3 is 0.462 bits per heavy atom. The SMILES string of the molecule is COc1ccc(C(N)(c2ccc(OC)cc2)c2ccc(OC)cc2)cc1.COc1ccc(C(N)(c2ccc(OC)cc2)c2ccc(OC)cc2)cc1. The fraction of sp³-hybridized carbons (Fsp3) is 0.182. The monoisotopic (exact) mass is 698 g/mol. The van der Waals surface area contributed by atoms with Gasteiger partial charge in [0.25, 0.3) is 0 Å². The molecule has 0 saturated heterocycles. The van der Waals surface area contributed by atoms with Gasteiger partial charge in [-0.05, 0) is 106 Å². The smallest absolute Gasteiger partial charge is 0.118 e. The van der Waals surface area contributed by atoms with Crippen LogP contribution in [0.4, 0.5) is 0 Å². The minimum absolute atomic E-state index is 0.792. The molecule has 6 aromatic carbocycles. The topological polar surface area (TPSA) is 107 Å². The highest BCUT2D eigenvalue weighted by molar-refractivity contribution is 5.53. The Bertz CT molecular complexity index is 1600. The average Bonchev–Trinajstić information content (AvgIpc) is 3.23. The lowest BCUT2D eigenvalue weighted by Gasteiger charge is -2.32. The molecular formula is C44H46N2O6. The van der Waals surface area contributed by atoms with Gasteiger partial charge in [0.1, 0.15) is 34.5 Å². The van der Waals surface area contributed by atoms with Crippen LogP contribution in [-0.4, -0.2) is 42.7 Å². The molecule has 0 spiro atoms. The maximum absolute atomic E-state index is 7.01. The van der Waals surface area contributed by atoms with E-state index in [1.54, 1.807) is 42.7 Å². The Hall–Kier alpha value is -5.96. The molecule has 0 radical (unpaired) electrons. The number of rotatable bonds is 12. The Kier molecular flexibility index (Phi) is 12.1. The first-order chi connectivity index (χ1) is 25.2. The molecule has 0 atom stereocenters. The molecule has 0 heterocycles. The maximum Gasteiger partial charge on any atom is 0.118 e. The lowest BCUT2D eigenvalue weighted by Crippen LogP contribution is -2.39. The van der Waals surface area contributed by atoms with Crippen LogP contribution in [0.2, 0.25) is 0 Å². The zero-order chi connectivity index (χ0) is 37.1. The predicted octanol–water partition coefficient (Wildman–Crippen LogP) is 7.93. The summed E-state index contributed by atoms with van der Waals surface area (Å²) in [5.41, 5.74) is 18.2. The van der Waals surface area contributed by atoms with Gasteiger partial charge in [0.15, 0.2) is 0 Å². The fourth-order valence-corrected chi connectivity index (χ4v) is 6.12. The summed E-state index contributed by atoms with van der Waals surface area (Å²) in [6, 6.07) is 47.0. The van der Waals surface area contributed by atoms with Crippen LogP contribution in [-0.2, 0) is 11.1 Å². The summed E-state index contributed by atoms with van der Waals surface area (Å²) in [5, 5.41) is 0. The van der Waals surface area contributed by atoms with Gasteiger partial charge in [0.2, 0.25) is 0 Å². The van der Waals surface area contributed by atoms with Crippen molar-refractivity contribution in [1.82, 2.24) is 0 Å². The number of ether oxygens (including phenoxy) is 6. The van der Waals surface area contributed by atoms with Crippen molar-refractivity contribution in [3.63, 3.8) is 0 Å². The van der Waals surface area contributed by atoms with E-state index in [2.05, 4.69) is 0 Å². The standard InChI is InChI=1S/2C22H23NO3/c2*1-24-19-10-4-16(5-11-19)22(23,17-6-12-20(25-2)13-7-17)18-8-14-21(26-3)15-9-18/h2*4-15H,23H2,1-3H3. The van der Waals surface area contributed by atoms with Gasteiger partial charge in [-0.15, -0.1) is 0 Å². The minimum Gasteiger partial charge on any atom is -0.497 e. The van der Waals surface area contributed by atoms with E-state index in [1.807, 2.05) is 146 Å². The second-order valence-corrected chi connectivity index (χ2v) is 12.0. The summed E-state index contributed by atoms with van der Waals surface area (Å²) in [6.45, 7) is 0. The first kappa shape index (κ1) is 37.3. The first-order valence-electron chi connectivity index (χ1n) is 16.7. The molecule has 0 aliphatic carbocycles. The lowest BCUT2D eigenvalue weighted by atomic mass is 9.78. The molecule has 0 aliphatic heterocycles. The molecule has 0 fully saturated rings. The Labute approximate surface area is 306 Å². The zero-order valence-corrected chi connectivity index (χ0v) is 30.5. The van der Waals surface area contributed by atoms with E-state index in [4.69, 9.17) is 39.9 Å². The van der Waals surface area contributed by atoms with Gasteiger partial charge >= 0.3 is 0 Å². The Morgan fingerprint density at radius 2 is 0.365 bits per heavy atom. The number of hydrogen-bond donors (Lipinski definition) is 2. The molecule has 0 amide bonds. The highest BCUT2D eigenvalue weighted by Gasteiger charge is 2.33. The molecule has 0 saturated carbocycles. The first-order valence-corrected chi connectivity index (χ1v) is 16.7. The van der Waals surface area contributed by atoms with Crippen molar-refractivity contribution in [3.8, 4) is 34.5 Å². The molecule has 0 aromatic heterocycles. The number of methoxy groups -OCH3 is 6. The van der Waals surface area contributed by atoms with Crippen LogP contribution in [0.25, 0.3) is 0 Å². The maximum atomic E-state index is 7.01. The molecule has 268 valence electrons. The van der Waals surface area contributed by atoms with Crippen LogP contribution >= 0.6 is 0 Å². The molecule has 0 aliphatic rings. The van der Waals surface area contributed by atoms with Crippen molar-refractivity contribution in [1.29, 1.82) is 0 Å². The minimum atomic E-state index is -0.815. The Morgan fingerprint density at radius 1 is 0.250 bits per heavy atom. The van der Waals surface area contributed by atoms with Gasteiger partial charge in [-0.25, -0.2) is 0 Å². The van der Waals surface area contributed by atoms with Gasteiger partial charge in [0, 0.05) is 0 Å². The summed E-state index contributed by atoms with van der Waals surface area (Å²) >= 11 is 0. The van der Waals surface area contributed by atoms with E-state index in [-0.39, 0.29) is 0 Å². The molecule has 0 unspecified atom stereocenters. The van der Waals surface area contributed by atoms with Gasteiger partial charge < -0.3 is 39.9 Å². The van der Waals surface area contributed by atoms with Crippen molar-refractivity contribution in [3.05, 3.63) is 179 Å². The van der Waals surface area contributed by atoms with Gasteiger partial charge in [0.05, 0.1) is 53.7 Å². The molecule has 52 heavy (non-hydrogen) atoms. The number of hydrogen-bond acceptors (Lipinski definition) is 8. The van der Waals surface area contributed by atoms with E-state index in [0.717, 1.165) is 67.9 Å². The quantitative estimate of drug-likeness (QED) is 0.124. The third-order valence-electron chi connectivity index (χ3n) is 9.27. The summed E-state index contributed by atoms with van der Waals surface area (Å²) < 4.78 is 31.7. The van der Waals surface area contributed by atoms with Crippen LogP contribution < -0.4 is 39.9 Å². The van der Waals surface area contributed by atoms with E-state index < -0.39 is 11.1 Å². The highest BCUT2D eigenvalue weighted by Crippen LogP contribution is 2.38. The Balaban J connectivity index is 0.000000201. The lowest BCUT2D eigenvalue weighted by molar-refractivity contribution is 0.413. The second-order valence-electron chi connectivity index (χ2n) is 12.0. The van der Waals surface area contributed by atoms with Crippen LogP contribution in [0.1, 0.15) is 33.4 Å². The second kappa shape index (κ2) is 16.8. The zero-order valence-electron chi connectivity index (χ0n) is 30.5. The third-order valence-corrected chi connectivity index (χ3v) is 9.27. The summed E-state index contributed by atoms with van der Waals surface area (Å²) in [6.07, 6.45) is 0. The molecular weight excluding hydrogens is 652 g/mol. The van der Waals surface area contributed by atoms with Crippen molar-refractivity contribution < 1.29 is 28.4 Å². The molecule has 8 nitrogen and oxygen atoms in total. The highest BCUT2D eigenvalue weighted by atomic mass is 16.5. The van der Waals surface area contributed by atoms with Crippen molar-refractivity contribution in [2.24, 2.45) is 11.5 Å². The molecule has 6 rings (SSSR count). The average molecular weight is 699 g/mol. The van der Waals surface area contributed by atoms with Crippen LogP contribution in [0.15, 0.2) is 146 Å². The summed E-state index contributed by atoms with van der Waals surface area (Å²) in [4.78, 5) is 0. The number of benzene rings is 6. The van der Waals surface area contributed by atoms with Crippen molar-refractivity contribution in [2.45, 2.75) is 11.1 Å². The molecule has 6 aromatic rings. The van der Waals surface area contributed by atoms with Crippen molar-refractivity contribution >= 4 is 0 Å². The summed E-state index contributed by atoms with van der Waals surface area (Å²) in [7, 11) is 9.90. The molecule has 8 heteroatoms. The van der Waals surface area contributed by atoms with E-state index >= 15 is 0 Å². The normalized spacial score (nSPS) is 11.1. The molecule has 0 bridgehead atoms. The van der Waals surface area contributed by atoms with Crippen LogP contribution in [0, 0.1) is 0 Å². The molecule has 4 N–H and O–H groups in total. The van der Waals surface area contributed by atoms with Crippen LogP contribution in [0.5, 0.6) is 34.5 Å². The van der Waals surface area contributed by atoms with Crippen molar-refractivity contribution in [2.75, 3.05) is 42.7 Å². The fourth-order valence-electron chi connectivity index (χ4n) is 6.12. The van der Waals surface area contributed by atoms with Gasteiger partial charge in [-0.1, -0.05) is 72.8 Å². The van der Waals surface area contributed by atoms with E-state index in [0.29, 0.717) is 0 Å². The predicted molar refractivity (Wildman–Crippen MR) is 206 cm³/mol. The van der Waals surface area contributed by atoms with E-state index in [9.17, 15) is 0 Å². The van der Waals surface area contributed by atoms with Gasteiger partial charge in [-0.3, -0.25) is 0 Å². The van der Waals surface area contributed by atoms with E-state index in [1.165, 1.54) is 0 Å². The summed E-state index contributed by atoms with van der Waals surface area (Å²) in [5.74, 6) is 4.75.